The van der Waals surface area contributed by atoms with E-state index in [4.69, 9.17) is 0 Å². The lowest BCUT2D eigenvalue weighted by Gasteiger charge is -2.23. The summed E-state index contributed by atoms with van der Waals surface area (Å²) in [6, 6.07) is -0.321. The van der Waals surface area contributed by atoms with Crippen molar-refractivity contribution in [2.24, 2.45) is 0 Å². The molecule has 2 aliphatic rings. The zero-order chi connectivity index (χ0) is 15.3. The quantitative estimate of drug-likeness (QED) is 0.670. The number of nitrogens with one attached hydrogen (secondary N) is 2. The molecule has 0 aromatic rings. The third-order valence-electron chi connectivity index (χ3n) is 3.85. The van der Waals surface area contributed by atoms with Gasteiger partial charge in [0.25, 0.3) is 0 Å². The molecule has 1 unspecified atom stereocenters. The zero-order valence-corrected chi connectivity index (χ0v) is 13.0. The van der Waals surface area contributed by atoms with Crippen LogP contribution in [0.1, 0.15) is 25.7 Å². The highest BCUT2D eigenvalue weighted by atomic mass is 32.2. The van der Waals surface area contributed by atoms with Crippen molar-refractivity contribution in [3.63, 3.8) is 0 Å². The average Bonchev–Trinajstić information content (AvgIpc) is 2.91. The molecular weight excluding hydrogens is 294 g/mol. The number of carbonyl (C=O) groups excluding carboxylic acids is 2. The largest absolute Gasteiger partial charge is 0.356 e. The number of nitrogens with zero attached hydrogens (tertiary/aromatic N) is 1. The number of hydrogen-bond acceptors (Lipinski definition) is 5. The Morgan fingerprint density at radius 1 is 1.24 bits per heavy atom. The fourth-order valence-electron chi connectivity index (χ4n) is 2.73. The fourth-order valence-corrected chi connectivity index (χ4v) is 4.17. The third-order valence-corrected chi connectivity index (χ3v) is 5.59. The van der Waals surface area contributed by atoms with Crippen LogP contribution in [0.2, 0.25) is 0 Å². The Morgan fingerprint density at radius 2 is 1.95 bits per heavy atom. The van der Waals surface area contributed by atoms with E-state index in [0.717, 1.165) is 25.9 Å². The Balaban J connectivity index is 1.64. The smallest absolute Gasteiger partial charge is 0.224 e. The highest BCUT2D eigenvalue weighted by Gasteiger charge is 2.26. The molecule has 0 bridgehead atoms. The number of rotatable bonds is 5. The van der Waals surface area contributed by atoms with Gasteiger partial charge >= 0.3 is 0 Å². The molecule has 0 spiro atoms. The zero-order valence-electron chi connectivity index (χ0n) is 12.1. The van der Waals surface area contributed by atoms with Crippen LogP contribution >= 0.6 is 0 Å². The van der Waals surface area contributed by atoms with Crippen LogP contribution in [0.25, 0.3) is 0 Å². The van der Waals surface area contributed by atoms with Gasteiger partial charge in [0.05, 0.1) is 11.5 Å². The van der Waals surface area contributed by atoms with Crippen LogP contribution < -0.4 is 10.6 Å². The summed E-state index contributed by atoms with van der Waals surface area (Å²) in [7, 11) is -3.03. The van der Waals surface area contributed by atoms with E-state index < -0.39 is 9.84 Å². The van der Waals surface area contributed by atoms with Gasteiger partial charge in [0.15, 0.2) is 9.84 Å². The van der Waals surface area contributed by atoms with Crippen molar-refractivity contribution >= 4 is 21.7 Å². The number of amides is 2. The molecule has 0 radical (unpaired) electrons. The topological polar surface area (TPSA) is 95.6 Å². The maximum absolute atomic E-state index is 11.8. The minimum absolute atomic E-state index is 0.00707. The van der Waals surface area contributed by atoms with E-state index in [1.54, 1.807) is 0 Å². The lowest BCUT2D eigenvalue weighted by Crippen LogP contribution is -2.47. The SMILES string of the molecule is O=C(CC1CS(=O)(=O)CCN1)NCCC(=O)N1CCCC1. The van der Waals surface area contributed by atoms with Gasteiger partial charge in [-0.05, 0) is 12.8 Å². The van der Waals surface area contributed by atoms with Crippen LogP contribution in [0.4, 0.5) is 0 Å². The van der Waals surface area contributed by atoms with Crippen molar-refractivity contribution in [3.8, 4) is 0 Å². The molecule has 0 aromatic carbocycles. The van der Waals surface area contributed by atoms with Gasteiger partial charge in [0.2, 0.25) is 11.8 Å². The first-order valence-corrected chi connectivity index (χ1v) is 9.27. The monoisotopic (exact) mass is 317 g/mol. The predicted molar refractivity (Wildman–Crippen MR) is 78.5 cm³/mol. The summed E-state index contributed by atoms with van der Waals surface area (Å²) in [6.07, 6.45) is 2.55. The van der Waals surface area contributed by atoms with Gasteiger partial charge in [-0.1, -0.05) is 0 Å². The molecule has 2 saturated heterocycles. The fraction of sp³-hybridized carbons (Fsp3) is 0.846. The first-order valence-electron chi connectivity index (χ1n) is 7.44. The van der Waals surface area contributed by atoms with Crippen molar-refractivity contribution in [1.82, 2.24) is 15.5 Å². The standard InChI is InChI=1S/C13H23N3O4S/c17-12(9-11-10-21(19,20)8-5-14-11)15-4-3-13(18)16-6-1-2-7-16/h11,14H,1-10H2,(H,15,17). The number of likely N-dealkylation sites (tertiary alicyclic amines) is 1. The molecule has 2 aliphatic heterocycles. The highest BCUT2D eigenvalue weighted by molar-refractivity contribution is 7.91. The van der Waals surface area contributed by atoms with E-state index in [1.807, 2.05) is 4.90 Å². The molecule has 2 fully saturated rings. The minimum Gasteiger partial charge on any atom is -0.356 e. The van der Waals surface area contributed by atoms with Gasteiger partial charge in [-0.2, -0.15) is 0 Å². The Morgan fingerprint density at radius 3 is 2.62 bits per heavy atom. The Labute approximate surface area is 125 Å². The third kappa shape index (κ3) is 5.28. The molecule has 2 amide bonds. The summed E-state index contributed by atoms with van der Waals surface area (Å²) in [6.45, 7) is 2.34. The second kappa shape index (κ2) is 7.22. The Bertz CT molecular complexity index is 486. The summed E-state index contributed by atoms with van der Waals surface area (Å²) < 4.78 is 22.9. The second-order valence-electron chi connectivity index (χ2n) is 5.66. The van der Waals surface area contributed by atoms with E-state index in [9.17, 15) is 18.0 Å². The van der Waals surface area contributed by atoms with Crippen molar-refractivity contribution in [1.29, 1.82) is 0 Å². The van der Waals surface area contributed by atoms with Crippen molar-refractivity contribution < 1.29 is 18.0 Å². The maximum atomic E-state index is 11.8. The van der Waals surface area contributed by atoms with Crippen LogP contribution in [-0.2, 0) is 19.4 Å². The Kier molecular flexibility index (Phi) is 5.58. The summed E-state index contributed by atoms with van der Waals surface area (Å²) in [5, 5.41) is 5.72. The van der Waals surface area contributed by atoms with Crippen LogP contribution in [0.5, 0.6) is 0 Å². The molecule has 2 rings (SSSR count). The Hall–Kier alpha value is -1.15. The predicted octanol–water partition coefficient (Wildman–Crippen LogP) is -1.11. The van der Waals surface area contributed by atoms with Crippen molar-refractivity contribution in [2.45, 2.75) is 31.7 Å². The van der Waals surface area contributed by atoms with E-state index in [2.05, 4.69) is 10.6 Å². The summed E-state index contributed by atoms with van der Waals surface area (Å²) in [4.78, 5) is 25.4. The molecule has 0 aromatic heterocycles. The molecule has 0 aliphatic carbocycles. The van der Waals surface area contributed by atoms with Crippen LogP contribution in [0, 0.1) is 0 Å². The number of hydrogen-bond donors (Lipinski definition) is 2. The molecule has 7 nitrogen and oxygen atoms in total. The van der Waals surface area contributed by atoms with Gasteiger partial charge in [-0.25, -0.2) is 8.42 Å². The van der Waals surface area contributed by atoms with Crippen molar-refractivity contribution in [2.75, 3.05) is 37.7 Å². The first-order chi connectivity index (χ1) is 9.96. The van der Waals surface area contributed by atoms with E-state index in [1.165, 1.54) is 0 Å². The maximum Gasteiger partial charge on any atom is 0.224 e. The molecule has 2 heterocycles. The van der Waals surface area contributed by atoms with E-state index in [0.29, 0.717) is 19.5 Å². The lowest BCUT2D eigenvalue weighted by atomic mass is 10.2. The second-order valence-corrected chi connectivity index (χ2v) is 7.89. The van der Waals surface area contributed by atoms with Gasteiger partial charge in [-0.3, -0.25) is 9.59 Å². The minimum atomic E-state index is -3.03. The molecular formula is C13H23N3O4S. The van der Waals surface area contributed by atoms with E-state index in [-0.39, 0.29) is 35.8 Å². The highest BCUT2D eigenvalue weighted by Crippen LogP contribution is 2.08. The van der Waals surface area contributed by atoms with Gasteiger partial charge in [-0.15, -0.1) is 0 Å². The van der Waals surface area contributed by atoms with Crippen LogP contribution in [-0.4, -0.2) is 68.9 Å². The van der Waals surface area contributed by atoms with Gasteiger partial charge in [0.1, 0.15) is 0 Å². The van der Waals surface area contributed by atoms with Gasteiger partial charge < -0.3 is 15.5 Å². The first kappa shape index (κ1) is 16.2. The normalized spacial score (nSPS) is 24.8. The lowest BCUT2D eigenvalue weighted by molar-refractivity contribution is -0.130. The van der Waals surface area contributed by atoms with Gasteiger partial charge in [0, 0.05) is 45.1 Å². The summed E-state index contributed by atoms with van der Waals surface area (Å²) in [5.41, 5.74) is 0. The van der Waals surface area contributed by atoms with Crippen LogP contribution in [0.15, 0.2) is 0 Å². The molecule has 0 saturated carbocycles. The average molecular weight is 317 g/mol. The molecule has 1 atom stereocenters. The molecule has 21 heavy (non-hydrogen) atoms. The van der Waals surface area contributed by atoms with Crippen LogP contribution in [0.3, 0.4) is 0 Å². The molecule has 2 N–H and O–H groups in total. The summed E-state index contributed by atoms with van der Waals surface area (Å²) in [5.74, 6) is 0.00718. The van der Waals surface area contributed by atoms with E-state index >= 15 is 0 Å². The summed E-state index contributed by atoms with van der Waals surface area (Å²) >= 11 is 0. The number of sulfone groups is 1. The van der Waals surface area contributed by atoms with Crippen molar-refractivity contribution in [3.05, 3.63) is 0 Å². The number of carbonyl (C=O) groups is 2. The molecule has 120 valence electrons. The molecule has 8 heteroatoms.